The highest BCUT2D eigenvalue weighted by atomic mass is 127. The van der Waals surface area contributed by atoms with Crippen LogP contribution in [0.5, 0.6) is 0 Å². The van der Waals surface area contributed by atoms with Crippen LogP contribution in [-0.4, -0.2) is 43.1 Å². The summed E-state index contributed by atoms with van der Waals surface area (Å²) in [6.07, 6.45) is 4.82. The predicted molar refractivity (Wildman–Crippen MR) is 91.1 cm³/mol. The van der Waals surface area contributed by atoms with Crippen molar-refractivity contribution in [2.45, 2.75) is 6.42 Å². The lowest BCUT2D eigenvalue weighted by Gasteiger charge is -2.10. The van der Waals surface area contributed by atoms with Crippen LogP contribution in [0.4, 0.5) is 0 Å². The lowest BCUT2D eigenvalue weighted by molar-refractivity contribution is 0.798. The van der Waals surface area contributed by atoms with Crippen LogP contribution in [0.25, 0.3) is 0 Å². The molecule has 18 heavy (non-hydrogen) atoms. The molecule has 0 aromatic carbocycles. The minimum atomic E-state index is 0. The smallest absolute Gasteiger partial charge is 0.191 e. The second-order valence-corrected chi connectivity index (χ2v) is 4.48. The maximum Gasteiger partial charge on any atom is 0.191 e. The van der Waals surface area contributed by atoms with Crippen molar-refractivity contribution >= 4 is 41.7 Å². The normalized spacial score (nSPS) is 10.7. The minimum Gasteiger partial charge on any atom is -0.356 e. The molecule has 1 aromatic heterocycles. The molecule has 0 radical (unpaired) electrons. The van der Waals surface area contributed by atoms with Gasteiger partial charge in [-0.2, -0.15) is 11.8 Å². The number of pyridine rings is 1. The average molecular weight is 380 g/mol. The third-order valence-corrected chi connectivity index (χ3v) is 2.83. The Morgan fingerprint density at radius 3 is 2.72 bits per heavy atom. The molecule has 0 aliphatic heterocycles. The van der Waals surface area contributed by atoms with Gasteiger partial charge in [-0.25, -0.2) is 0 Å². The van der Waals surface area contributed by atoms with E-state index in [9.17, 15) is 0 Å². The first kappa shape index (κ1) is 17.5. The summed E-state index contributed by atoms with van der Waals surface area (Å²) < 4.78 is 0. The maximum absolute atomic E-state index is 4.27. The first-order valence-electron chi connectivity index (χ1n) is 5.70. The Balaban J connectivity index is 0.00000289. The standard InChI is InChI=1S/C12H20N4S.HI/c1-13-12(16-9-10-17-2)15-8-6-11-5-3-4-7-14-11;/h3-5,7H,6,8-10H2,1-2H3,(H2,13,15,16);1H. The van der Waals surface area contributed by atoms with E-state index in [2.05, 4.69) is 26.9 Å². The van der Waals surface area contributed by atoms with Crippen LogP contribution < -0.4 is 10.6 Å². The largest absolute Gasteiger partial charge is 0.356 e. The summed E-state index contributed by atoms with van der Waals surface area (Å²) in [5, 5.41) is 6.52. The van der Waals surface area contributed by atoms with Crippen molar-refractivity contribution in [2.75, 3.05) is 32.1 Å². The van der Waals surface area contributed by atoms with Crippen LogP contribution >= 0.6 is 35.7 Å². The van der Waals surface area contributed by atoms with Gasteiger partial charge in [0.1, 0.15) is 0 Å². The van der Waals surface area contributed by atoms with Crippen molar-refractivity contribution in [3.63, 3.8) is 0 Å². The molecular weight excluding hydrogens is 359 g/mol. The van der Waals surface area contributed by atoms with Gasteiger partial charge in [-0.1, -0.05) is 6.07 Å². The molecule has 0 bridgehead atoms. The van der Waals surface area contributed by atoms with E-state index < -0.39 is 0 Å². The lowest BCUT2D eigenvalue weighted by Crippen LogP contribution is -2.39. The van der Waals surface area contributed by atoms with Crippen LogP contribution in [0.15, 0.2) is 29.4 Å². The number of guanidine groups is 1. The highest BCUT2D eigenvalue weighted by Gasteiger charge is 1.97. The molecule has 0 fully saturated rings. The molecule has 2 N–H and O–H groups in total. The SMILES string of the molecule is CN=C(NCCSC)NCCc1ccccn1.I. The Morgan fingerprint density at radius 2 is 2.11 bits per heavy atom. The van der Waals surface area contributed by atoms with E-state index in [0.717, 1.165) is 36.9 Å². The number of thioether (sulfide) groups is 1. The number of rotatable bonds is 6. The summed E-state index contributed by atoms with van der Waals surface area (Å²) in [4.78, 5) is 8.43. The Labute approximate surface area is 130 Å². The van der Waals surface area contributed by atoms with Crippen LogP contribution in [0.1, 0.15) is 5.69 Å². The number of nitrogens with zero attached hydrogens (tertiary/aromatic N) is 2. The zero-order valence-electron chi connectivity index (χ0n) is 10.8. The fraction of sp³-hybridized carbons (Fsp3) is 0.500. The zero-order chi connectivity index (χ0) is 12.3. The Morgan fingerprint density at radius 1 is 1.33 bits per heavy atom. The van der Waals surface area contributed by atoms with E-state index >= 15 is 0 Å². The van der Waals surface area contributed by atoms with Gasteiger partial charge in [-0.05, 0) is 18.4 Å². The van der Waals surface area contributed by atoms with E-state index in [-0.39, 0.29) is 24.0 Å². The Hall–Kier alpha value is -0.500. The highest BCUT2D eigenvalue weighted by Crippen LogP contribution is 1.93. The lowest BCUT2D eigenvalue weighted by atomic mass is 10.3. The molecular formula is C12H21IN4S. The van der Waals surface area contributed by atoms with E-state index in [1.807, 2.05) is 36.2 Å². The van der Waals surface area contributed by atoms with E-state index in [1.54, 1.807) is 7.05 Å². The first-order chi connectivity index (χ1) is 8.36. The molecule has 4 nitrogen and oxygen atoms in total. The molecule has 102 valence electrons. The predicted octanol–water partition coefficient (Wildman–Crippen LogP) is 1.77. The summed E-state index contributed by atoms with van der Waals surface area (Å²) in [5.74, 6) is 1.94. The van der Waals surface area contributed by atoms with Gasteiger partial charge in [-0.15, -0.1) is 24.0 Å². The molecule has 0 unspecified atom stereocenters. The Bertz CT molecular complexity index is 332. The molecule has 0 saturated carbocycles. The van der Waals surface area contributed by atoms with E-state index in [4.69, 9.17) is 0 Å². The summed E-state index contributed by atoms with van der Waals surface area (Å²) in [7, 11) is 1.79. The molecule has 0 atom stereocenters. The summed E-state index contributed by atoms with van der Waals surface area (Å²) in [5.41, 5.74) is 1.10. The molecule has 6 heteroatoms. The molecule has 1 rings (SSSR count). The van der Waals surface area contributed by atoms with Gasteiger partial charge in [0.25, 0.3) is 0 Å². The quantitative estimate of drug-likeness (QED) is 0.342. The maximum atomic E-state index is 4.27. The minimum absolute atomic E-state index is 0. The fourth-order valence-electron chi connectivity index (χ4n) is 1.35. The molecule has 1 heterocycles. The van der Waals surface area contributed by atoms with Crippen LogP contribution in [0.2, 0.25) is 0 Å². The van der Waals surface area contributed by atoms with Crippen molar-refractivity contribution in [3.8, 4) is 0 Å². The molecule has 1 aromatic rings. The van der Waals surface area contributed by atoms with Gasteiger partial charge in [-0.3, -0.25) is 9.98 Å². The Kier molecular flexibility index (Phi) is 11.3. The van der Waals surface area contributed by atoms with Crippen molar-refractivity contribution in [3.05, 3.63) is 30.1 Å². The molecule has 0 amide bonds. The fourth-order valence-corrected chi connectivity index (χ4v) is 1.65. The van der Waals surface area contributed by atoms with E-state index in [0.29, 0.717) is 0 Å². The number of hydrogen-bond acceptors (Lipinski definition) is 3. The van der Waals surface area contributed by atoms with Gasteiger partial charge in [0.05, 0.1) is 0 Å². The van der Waals surface area contributed by atoms with Crippen LogP contribution in [0, 0.1) is 0 Å². The van der Waals surface area contributed by atoms with Gasteiger partial charge in [0, 0.05) is 44.2 Å². The summed E-state index contributed by atoms with van der Waals surface area (Å²) >= 11 is 1.82. The number of hydrogen-bond donors (Lipinski definition) is 2. The zero-order valence-corrected chi connectivity index (χ0v) is 14.0. The third-order valence-electron chi connectivity index (χ3n) is 2.22. The van der Waals surface area contributed by atoms with E-state index in [1.165, 1.54) is 0 Å². The van der Waals surface area contributed by atoms with Crippen molar-refractivity contribution in [2.24, 2.45) is 4.99 Å². The topological polar surface area (TPSA) is 49.3 Å². The third kappa shape index (κ3) is 7.75. The second-order valence-electron chi connectivity index (χ2n) is 3.49. The van der Waals surface area contributed by atoms with Gasteiger partial charge < -0.3 is 10.6 Å². The first-order valence-corrected chi connectivity index (χ1v) is 7.09. The van der Waals surface area contributed by atoms with Gasteiger partial charge in [0.2, 0.25) is 0 Å². The van der Waals surface area contributed by atoms with Crippen molar-refractivity contribution in [1.82, 2.24) is 15.6 Å². The second kappa shape index (κ2) is 11.6. The number of nitrogens with one attached hydrogen (secondary N) is 2. The average Bonchev–Trinajstić information content (AvgIpc) is 2.38. The molecule has 0 aliphatic carbocycles. The highest BCUT2D eigenvalue weighted by molar-refractivity contribution is 14.0. The molecule has 0 aliphatic rings. The van der Waals surface area contributed by atoms with Crippen LogP contribution in [0.3, 0.4) is 0 Å². The molecule has 0 spiro atoms. The number of aromatic nitrogens is 1. The molecule has 0 saturated heterocycles. The van der Waals surface area contributed by atoms with Crippen LogP contribution in [-0.2, 0) is 6.42 Å². The summed E-state index contributed by atoms with van der Waals surface area (Å²) in [6, 6.07) is 5.97. The summed E-state index contributed by atoms with van der Waals surface area (Å²) in [6.45, 7) is 1.78. The number of aliphatic imine (C=N–C) groups is 1. The monoisotopic (exact) mass is 380 g/mol. The van der Waals surface area contributed by atoms with Crippen molar-refractivity contribution < 1.29 is 0 Å². The van der Waals surface area contributed by atoms with Crippen molar-refractivity contribution in [1.29, 1.82) is 0 Å². The van der Waals surface area contributed by atoms with Gasteiger partial charge >= 0.3 is 0 Å². The number of halogens is 1. The van der Waals surface area contributed by atoms with Gasteiger partial charge in [0.15, 0.2) is 5.96 Å².